The Labute approximate surface area is 204 Å². The van der Waals surface area contributed by atoms with E-state index >= 15 is 0 Å². The molecular formula is C29H28FNO4. The van der Waals surface area contributed by atoms with E-state index in [1.165, 1.54) is 19.2 Å². The number of hydrogen-bond acceptors (Lipinski definition) is 4. The van der Waals surface area contributed by atoms with Gasteiger partial charge in [-0.05, 0) is 28.8 Å². The second kappa shape index (κ2) is 11.6. The molecule has 0 aromatic heterocycles. The molecule has 1 saturated heterocycles. The molecule has 0 N–H and O–H groups in total. The minimum Gasteiger partial charge on any atom is -0.467 e. The zero-order valence-corrected chi connectivity index (χ0v) is 19.5. The van der Waals surface area contributed by atoms with E-state index in [1.54, 1.807) is 17.0 Å². The zero-order valence-electron chi connectivity index (χ0n) is 19.5. The summed E-state index contributed by atoms with van der Waals surface area (Å²) in [5.74, 6) is -1.44. The van der Waals surface area contributed by atoms with E-state index in [4.69, 9.17) is 9.47 Å². The topological polar surface area (TPSA) is 55.8 Å². The Hall–Kier alpha value is -3.77. The average molecular weight is 474 g/mol. The first-order valence-corrected chi connectivity index (χ1v) is 11.6. The summed E-state index contributed by atoms with van der Waals surface area (Å²) in [5, 5.41) is 0. The Morgan fingerprint density at radius 3 is 2.14 bits per heavy atom. The third-order valence-corrected chi connectivity index (χ3v) is 6.14. The second-order valence-electron chi connectivity index (χ2n) is 8.43. The molecule has 1 amide bonds. The van der Waals surface area contributed by atoms with Gasteiger partial charge < -0.3 is 14.4 Å². The SMILES string of the molecule is COC(=O)[C@@H]1C[C@H](OC/C=C/c2ccc(F)cc2)CN1C(=O)C(c1ccccc1)c1ccccc1. The van der Waals surface area contributed by atoms with Crippen molar-refractivity contribution in [3.63, 3.8) is 0 Å². The minimum atomic E-state index is -0.714. The van der Waals surface area contributed by atoms with E-state index < -0.39 is 17.9 Å². The fourth-order valence-corrected chi connectivity index (χ4v) is 4.41. The lowest BCUT2D eigenvalue weighted by Gasteiger charge is -2.28. The number of methoxy groups -OCH3 is 1. The van der Waals surface area contributed by atoms with Crippen LogP contribution in [-0.2, 0) is 19.1 Å². The van der Waals surface area contributed by atoms with Crippen molar-refractivity contribution < 1.29 is 23.5 Å². The Morgan fingerprint density at radius 1 is 0.971 bits per heavy atom. The standard InChI is InChI=1S/C29H28FNO4/c1-34-29(33)26-19-25(35-18-8-9-21-14-16-24(30)17-15-21)20-31(26)28(32)27(22-10-4-2-5-11-22)23-12-6-3-7-13-23/h2-17,25-27H,18-20H2,1H3/b9-8+/t25-,26-/m0/s1. The molecule has 1 fully saturated rings. The molecule has 0 radical (unpaired) electrons. The van der Waals surface area contributed by atoms with Gasteiger partial charge in [-0.3, -0.25) is 4.79 Å². The number of halogens is 1. The Balaban J connectivity index is 1.50. The smallest absolute Gasteiger partial charge is 0.328 e. The van der Waals surface area contributed by atoms with Crippen molar-refractivity contribution in [2.45, 2.75) is 24.5 Å². The van der Waals surface area contributed by atoms with Gasteiger partial charge >= 0.3 is 5.97 Å². The molecule has 35 heavy (non-hydrogen) atoms. The van der Waals surface area contributed by atoms with Gasteiger partial charge in [0.15, 0.2) is 0 Å². The fourth-order valence-electron chi connectivity index (χ4n) is 4.41. The zero-order chi connectivity index (χ0) is 24.6. The van der Waals surface area contributed by atoms with Gasteiger partial charge in [0.2, 0.25) is 5.91 Å². The van der Waals surface area contributed by atoms with Crippen LogP contribution in [0.2, 0.25) is 0 Å². The first kappa shape index (κ1) is 24.4. The highest BCUT2D eigenvalue weighted by Gasteiger charge is 2.43. The maximum atomic E-state index is 13.9. The number of esters is 1. The molecule has 5 nitrogen and oxygen atoms in total. The van der Waals surface area contributed by atoms with E-state index in [9.17, 15) is 14.0 Å². The Kier molecular flexibility index (Phi) is 8.06. The van der Waals surface area contributed by atoms with E-state index in [2.05, 4.69) is 0 Å². The van der Waals surface area contributed by atoms with Gasteiger partial charge in [-0.25, -0.2) is 9.18 Å². The first-order chi connectivity index (χ1) is 17.1. The number of benzene rings is 3. The summed E-state index contributed by atoms with van der Waals surface area (Å²) < 4.78 is 24.1. The first-order valence-electron chi connectivity index (χ1n) is 11.6. The average Bonchev–Trinajstić information content (AvgIpc) is 3.33. The molecular weight excluding hydrogens is 445 g/mol. The summed E-state index contributed by atoms with van der Waals surface area (Å²) in [7, 11) is 1.33. The molecule has 2 atom stereocenters. The number of ether oxygens (including phenoxy) is 2. The van der Waals surface area contributed by atoms with Gasteiger partial charge in [0.1, 0.15) is 11.9 Å². The lowest BCUT2D eigenvalue weighted by molar-refractivity contribution is -0.151. The van der Waals surface area contributed by atoms with Crippen LogP contribution in [0.15, 0.2) is 91.0 Å². The van der Waals surface area contributed by atoms with E-state index in [0.29, 0.717) is 19.6 Å². The molecule has 1 aliphatic heterocycles. The number of rotatable bonds is 8. The molecule has 180 valence electrons. The number of carbonyl (C=O) groups is 2. The van der Waals surface area contributed by atoms with Crippen molar-refractivity contribution in [3.05, 3.63) is 114 Å². The molecule has 0 unspecified atom stereocenters. The molecule has 3 aromatic rings. The van der Waals surface area contributed by atoms with Crippen molar-refractivity contribution in [1.82, 2.24) is 4.90 Å². The maximum absolute atomic E-state index is 13.9. The van der Waals surface area contributed by atoms with Crippen LogP contribution in [0.3, 0.4) is 0 Å². The number of hydrogen-bond donors (Lipinski definition) is 0. The largest absolute Gasteiger partial charge is 0.467 e. The van der Waals surface area contributed by atoms with Gasteiger partial charge in [0.05, 0.1) is 25.7 Å². The van der Waals surface area contributed by atoms with Crippen LogP contribution in [0.5, 0.6) is 0 Å². The summed E-state index contributed by atoms with van der Waals surface area (Å²) in [6.45, 7) is 0.595. The lowest BCUT2D eigenvalue weighted by atomic mass is 9.90. The highest BCUT2D eigenvalue weighted by Crippen LogP contribution is 2.31. The van der Waals surface area contributed by atoms with Crippen molar-refractivity contribution in [2.24, 2.45) is 0 Å². The normalized spacial score (nSPS) is 17.7. The van der Waals surface area contributed by atoms with E-state index in [1.807, 2.05) is 72.8 Å². The monoisotopic (exact) mass is 473 g/mol. The fraction of sp³-hybridized carbons (Fsp3) is 0.241. The second-order valence-corrected chi connectivity index (χ2v) is 8.43. The summed E-state index contributed by atoms with van der Waals surface area (Å²) in [4.78, 5) is 28.1. The third kappa shape index (κ3) is 6.03. The van der Waals surface area contributed by atoms with Crippen LogP contribution in [0.4, 0.5) is 4.39 Å². The molecule has 3 aromatic carbocycles. The van der Waals surface area contributed by atoms with Gasteiger partial charge in [-0.1, -0.05) is 84.9 Å². The quantitative estimate of drug-likeness (QED) is 0.440. The Bertz CT molecular complexity index is 1110. The number of carbonyl (C=O) groups excluding carboxylic acids is 2. The summed E-state index contributed by atoms with van der Waals surface area (Å²) in [6, 6.07) is 24.6. The highest BCUT2D eigenvalue weighted by molar-refractivity contribution is 5.91. The molecule has 1 aliphatic rings. The maximum Gasteiger partial charge on any atom is 0.328 e. The van der Waals surface area contributed by atoms with Crippen LogP contribution in [0, 0.1) is 5.82 Å². The number of amides is 1. The lowest BCUT2D eigenvalue weighted by Crippen LogP contribution is -2.43. The molecule has 0 aliphatic carbocycles. The van der Waals surface area contributed by atoms with Gasteiger partial charge in [-0.15, -0.1) is 0 Å². The number of likely N-dealkylation sites (tertiary alicyclic amines) is 1. The van der Waals surface area contributed by atoms with E-state index in [-0.39, 0.29) is 17.8 Å². The van der Waals surface area contributed by atoms with Crippen LogP contribution in [0.1, 0.15) is 29.0 Å². The Morgan fingerprint density at radius 2 is 1.57 bits per heavy atom. The van der Waals surface area contributed by atoms with E-state index in [0.717, 1.165) is 16.7 Å². The molecule has 1 heterocycles. The molecule has 4 rings (SSSR count). The minimum absolute atomic E-state index is 0.161. The van der Waals surface area contributed by atoms with Crippen molar-refractivity contribution in [2.75, 3.05) is 20.3 Å². The van der Waals surface area contributed by atoms with Gasteiger partial charge in [0, 0.05) is 13.0 Å². The summed E-state index contributed by atoms with van der Waals surface area (Å²) in [6.07, 6.45) is 3.73. The van der Waals surface area contributed by atoms with Crippen LogP contribution in [0.25, 0.3) is 6.08 Å². The molecule has 0 spiro atoms. The summed E-state index contributed by atoms with van der Waals surface area (Å²) in [5.41, 5.74) is 2.58. The van der Waals surface area contributed by atoms with Crippen LogP contribution < -0.4 is 0 Å². The van der Waals surface area contributed by atoms with Gasteiger partial charge in [-0.2, -0.15) is 0 Å². The predicted octanol–water partition coefficient (Wildman–Crippen LogP) is 4.83. The van der Waals surface area contributed by atoms with Crippen LogP contribution >= 0.6 is 0 Å². The van der Waals surface area contributed by atoms with Crippen LogP contribution in [-0.4, -0.2) is 49.2 Å². The van der Waals surface area contributed by atoms with Crippen molar-refractivity contribution in [1.29, 1.82) is 0 Å². The van der Waals surface area contributed by atoms with Crippen molar-refractivity contribution in [3.8, 4) is 0 Å². The highest BCUT2D eigenvalue weighted by atomic mass is 19.1. The molecule has 0 bridgehead atoms. The van der Waals surface area contributed by atoms with Gasteiger partial charge in [0.25, 0.3) is 0 Å². The predicted molar refractivity (Wildman–Crippen MR) is 132 cm³/mol. The number of nitrogens with zero attached hydrogens (tertiary/aromatic N) is 1. The third-order valence-electron chi connectivity index (χ3n) is 6.14. The molecule has 0 saturated carbocycles. The summed E-state index contributed by atoms with van der Waals surface area (Å²) >= 11 is 0. The molecule has 6 heteroatoms. The van der Waals surface area contributed by atoms with Crippen molar-refractivity contribution >= 4 is 18.0 Å².